The second kappa shape index (κ2) is 15.3. The second-order valence-corrected chi connectivity index (χ2v) is 10.6. The quantitative estimate of drug-likeness (QED) is 0.121. The molecule has 0 saturated heterocycles. The molecule has 0 aliphatic heterocycles. The van der Waals surface area contributed by atoms with Crippen molar-refractivity contribution in [2.75, 3.05) is 18.5 Å². The first kappa shape index (κ1) is 32.6. The maximum atomic E-state index is 11.4. The third-order valence-corrected chi connectivity index (χ3v) is 7.01. The molecule has 9 nitrogen and oxygen atoms in total. The van der Waals surface area contributed by atoms with Crippen LogP contribution >= 0.6 is 46.4 Å². The monoisotopic (exact) mass is 645 g/mol. The molecule has 41 heavy (non-hydrogen) atoms. The van der Waals surface area contributed by atoms with Crippen molar-refractivity contribution < 1.29 is 39.5 Å². The van der Waals surface area contributed by atoms with E-state index in [4.69, 9.17) is 61.0 Å². The Bertz CT molecular complexity index is 1340. The molecule has 13 heteroatoms. The number of para-hydroxylation sites is 1. The fraction of sp³-hybridized carbons (Fsp3) is 0.286. The smallest absolute Gasteiger partial charge is 0.337 e. The normalized spacial score (nSPS) is 12.4. The van der Waals surface area contributed by atoms with E-state index >= 15 is 0 Å². The predicted octanol–water partition coefficient (Wildman–Crippen LogP) is 6.72. The Hall–Kier alpha value is -2.92. The molecule has 0 amide bonds. The topological polar surface area (TPSA) is 146 Å². The van der Waals surface area contributed by atoms with Crippen LogP contribution in [0, 0.1) is 0 Å². The number of halogens is 4. The van der Waals surface area contributed by atoms with E-state index < -0.39 is 24.1 Å². The van der Waals surface area contributed by atoms with Crippen LogP contribution in [0.25, 0.3) is 0 Å². The highest BCUT2D eigenvalue weighted by atomic mass is 35.5. The van der Waals surface area contributed by atoms with Gasteiger partial charge in [-0.2, -0.15) is 0 Å². The molecule has 3 aromatic carbocycles. The zero-order valence-corrected chi connectivity index (χ0v) is 24.5. The minimum absolute atomic E-state index is 0.00409. The maximum Gasteiger partial charge on any atom is 0.337 e. The lowest BCUT2D eigenvalue weighted by atomic mass is 10.1. The number of ether oxygens (including phenoxy) is 2. The first-order valence-electron chi connectivity index (χ1n) is 12.4. The van der Waals surface area contributed by atoms with Gasteiger partial charge in [0.15, 0.2) is 11.5 Å². The Morgan fingerprint density at radius 3 is 1.76 bits per heavy atom. The summed E-state index contributed by atoms with van der Waals surface area (Å²) in [6, 6.07) is 12.6. The number of aliphatic carboxylic acids is 1. The van der Waals surface area contributed by atoms with Gasteiger partial charge in [0.05, 0.1) is 56.8 Å². The lowest BCUT2D eigenvalue weighted by Crippen LogP contribution is -2.29. The number of carboxylic acids is 2. The molecule has 0 aliphatic carbocycles. The van der Waals surface area contributed by atoms with E-state index in [2.05, 4.69) is 5.32 Å². The number of aryl methyl sites for hydroxylation is 1. The van der Waals surface area contributed by atoms with Crippen LogP contribution in [0.1, 0.15) is 35.2 Å². The molecule has 0 aromatic heterocycles. The Kier molecular flexibility index (Phi) is 12.2. The van der Waals surface area contributed by atoms with Crippen LogP contribution in [0.15, 0.2) is 48.5 Å². The summed E-state index contributed by atoms with van der Waals surface area (Å²) in [4.78, 5) is 22.2. The van der Waals surface area contributed by atoms with E-state index in [1.165, 1.54) is 18.2 Å². The predicted molar refractivity (Wildman–Crippen MR) is 158 cm³/mol. The van der Waals surface area contributed by atoms with Crippen molar-refractivity contribution in [3.63, 3.8) is 0 Å². The van der Waals surface area contributed by atoms with Gasteiger partial charge >= 0.3 is 11.9 Å². The van der Waals surface area contributed by atoms with Gasteiger partial charge in [-0.15, -0.1) is 0 Å². The van der Waals surface area contributed by atoms with Crippen LogP contribution < -0.4 is 14.8 Å². The number of aliphatic hydroxyl groups excluding tert-OH is 2. The number of carboxylic acid groups (broad SMARTS) is 2. The summed E-state index contributed by atoms with van der Waals surface area (Å²) >= 11 is 25.1. The van der Waals surface area contributed by atoms with Gasteiger partial charge in [0, 0.05) is 24.9 Å². The number of carbonyl (C=O) groups is 2. The van der Waals surface area contributed by atoms with Crippen LogP contribution in [0.3, 0.4) is 0 Å². The number of anilines is 2. The first-order valence-corrected chi connectivity index (χ1v) is 13.9. The van der Waals surface area contributed by atoms with E-state index in [9.17, 15) is 24.9 Å². The van der Waals surface area contributed by atoms with Gasteiger partial charge in [-0.1, -0.05) is 58.5 Å². The van der Waals surface area contributed by atoms with Gasteiger partial charge in [-0.05, 0) is 48.4 Å². The molecule has 0 radical (unpaired) electrons. The summed E-state index contributed by atoms with van der Waals surface area (Å²) in [6.45, 7) is -0.00721. The van der Waals surface area contributed by atoms with Crippen LogP contribution in [0.5, 0.6) is 11.5 Å². The van der Waals surface area contributed by atoms with E-state index in [-0.39, 0.29) is 76.1 Å². The molecule has 0 aliphatic rings. The Morgan fingerprint density at radius 1 is 0.780 bits per heavy atom. The van der Waals surface area contributed by atoms with Gasteiger partial charge in [-0.25, -0.2) is 4.79 Å². The molecule has 0 unspecified atom stereocenters. The molecule has 0 spiro atoms. The number of rotatable bonds is 15. The Labute approximate surface area is 256 Å². The fourth-order valence-corrected chi connectivity index (χ4v) is 5.04. The molecular formula is C28H27Cl4NO8. The third-order valence-electron chi connectivity index (χ3n) is 5.88. The highest BCUT2D eigenvalue weighted by molar-refractivity contribution is 6.38. The van der Waals surface area contributed by atoms with Gasteiger partial charge in [0.1, 0.15) is 0 Å². The largest absolute Gasteiger partial charge is 0.490 e. The number of benzene rings is 3. The standard InChI is InChI=1S/C28H27Cl4NO8/c29-18-11-15(5-6-25(36)37)12-19(30)26(18)40-9-7-23(34)24(35)8-10-41-27-20(31)13-16(14-21(27)32)33-22-4-2-1-3-17(22)28(38)39/h1-4,11-14,23-24,33-35H,5-10H2,(H,36,37)(H,38,39)/t23-,24-/m1/s1. The number of hydrogen-bond acceptors (Lipinski definition) is 7. The Balaban J connectivity index is 1.48. The minimum atomic E-state index is -1.14. The zero-order chi connectivity index (χ0) is 30.1. The summed E-state index contributed by atoms with van der Waals surface area (Å²) < 4.78 is 11.2. The molecule has 3 rings (SSSR count). The SMILES string of the molecule is O=C(O)CCc1cc(Cl)c(OCC[C@@H](O)[C@H](O)CCOc2c(Cl)cc(Nc3ccccc3C(=O)O)cc2Cl)c(Cl)c1. The molecule has 0 bridgehead atoms. The molecule has 3 aromatic rings. The van der Waals surface area contributed by atoms with Crippen LogP contribution in [0.4, 0.5) is 11.4 Å². The maximum absolute atomic E-state index is 11.4. The van der Waals surface area contributed by atoms with Crippen molar-refractivity contribution in [3.05, 3.63) is 79.7 Å². The number of nitrogens with one attached hydrogen (secondary N) is 1. The van der Waals surface area contributed by atoms with Crippen molar-refractivity contribution in [1.82, 2.24) is 0 Å². The van der Waals surface area contributed by atoms with E-state index in [0.29, 0.717) is 16.9 Å². The summed E-state index contributed by atoms with van der Waals surface area (Å²) in [7, 11) is 0. The van der Waals surface area contributed by atoms with Gasteiger partial charge in [-0.3, -0.25) is 4.79 Å². The van der Waals surface area contributed by atoms with Crippen molar-refractivity contribution in [2.24, 2.45) is 0 Å². The fourth-order valence-electron chi connectivity index (χ4n) is 3.80. The number of aromatic carboxylic acids is 1. The molecule has 0 heterocycles. The van der Waals surface area contributed by atoms with Crippen molar-refractivity contribution in [3.8, 4) is 11.5 Å². The van der Waals surface area contributed by atoms with Crippen LogP contribution in [-0.4, -0.2) is 57.8 Å². The van der Waals surface area contributed by atoms with Gasteiger partial charge in [0.2, 0.25) is 0 Å². The average molecular weight is 647 g/mol. The molecule has 0 saturated carbocycles. The molecular weight excluding hydrogens is 620 g/mol. The van der Waals surface area contributed by atoms with Gasteiger partial charge in [0.25, 0.3) is 0 Å². The highest BCUT2D eigenvalue weighted by Gasteiger charge is 2.19. The number of aliphatic hydroxyl groups is 2. The van der Waals surface area contributed by atoms with Crippen molar-refractivity contribution >= 4 is 69.7 Å². The number of hydrogen-bond donors (Lipinski definition) is 5. The third kappa shape index (κ3) is 9.56. The van der Waals surface area contributed by atoms with Gasteiger partial charge < -0.3 is 35.2 Å². The summed E-state index contributed by atoms with van der Waals surface area (Å²) in [5.74, 6) is -1.65. The first-order chi connectivity index (χ1) is 19.5. The minimum Gasteiger partial charge on any atom is -0.490 e. The highest BCUT2D eigenvalue weighted by Crippen LogP contribution is 2.38. The van der Waals surface area contributed by atoms with Crippen molar-refractivity contribution in [2.45, 2.75) is 37.9 Å². The molecule has 2 atom stereocenters. The lowest BCUT2D eigenvalue weighted by Gasteiger charge is -2.19. The average Bonchev–Trinajstić information content (AvgIpc) is 2.90. The van der Waals surface area contributed by atoms with E-state index in [1.54, 1.807) is 30.3 Å². The summed E-state index contributed by atoms with van der Waals surface area (Å²) in [5, 5.41) is 42.6. The summed E-state index contributed by atoms with van der Waals surface area (Å²) in [6.07, 6.45) is -1.97. The summed E-state index contributed by atoms with van der Waals surface area (Å²) in [5.41, 5.74) is 1.54. The van der Waals surface area contributed by atoms with Crippen molar-refractivity contribution in [1.29, 1.82) is 0 Å². The van der Waals surface area contributed by atoms with Crippen LogP contribution in [0.2, 0.25) is 20.1 Å². The second-order valence-electron chi connectivity index (χ2n) is 8.94. The lowest BCUT2D eigenvalue weighted by molar-refractivity contribution is -0.136. The molecule has 220 valence electrons. The Morgan fingerprint density at radius 2 is 1.27 bits per heavy atom. The van der Waals surface area contributed by atoms with E-state index in [0.717, 1.165) is 0 Å². The zero-order valence-electron chi connectivity index (χ0n) is 21.4. The molecule has 0 fully saturated rings. The van der Waals surface area contributed by atoms with Crippen LogP contribution in [-0.2, 0) is 11.2 Å². The molecule has 5 N–H and O–H groups in total. The van der Waals surface area contributed by atoms with E-state index in [1.807, 2.05) is 0 Å².